The van der Waals surface area contributed by atoms with Crippen molar-refractivity contribution in [3.63, 3.8) is 0 Å². The van der Waals surface area contributed by atoms with Crippen molar-refractivity contribution in [3.05, 3.63) is 52.8 Å². The van der Waals surface area contributed by atoms with Crippen LogP contribution in [0.2, 0.25) is 0 Å². The van der Waals surface area contributed by atoms with Crippen molar-refractivity contribution in [1.82, 2.24) is 15.2 Å². The lowest BCUT2D eigenvalue weighted by Gasteiger charge is -2.07. The number of Topliss-reactive ketones (excluding diaryl/α,β-unsaturated/α-hetero) is 2. The summed E-state index contributed by atoms with van der Waals surface area (Å²) in [6, 6.07) is 9.72. The second-order valence-electron chi connectivity index (χ2n) is 6.17. The lowest BCUT2D eigenvalue weighted by molar-refractivity contribution is 0.0988. The highest BCUT2D eigenvalue weighted by atomic mass is 32.2. The van der Waals surface area contributed by atoms with Crippen molar-refractivity contribution in [2.45, 2.75) is 37.3 Å². The molecule has 0 aliphatic rings. The standard InChI is InChI=1S/C19H20N4O2S2/c1-10-15(12(3)24)11(2)20-16(10)17(25)13(4)26-19-23-22-18(27-19)21-14-8-6-5-7-9-14/h5-9,13,20H,1-4H3,(H,21,22)/t13-/m0/s1. The van der Waals surface area contributed by atoms with E-state index in [0.717, 1.165) is 11.4 Å². The van der Waals surface area contributed by atoms with Gasteiger partial charge in [0.25, 0.3) is 0 Å². The van der Waals surface area contributed by atoms with Gasteiger partial charge in [-0.3, -0.25) is 9.59 Å². The molecule has 27 heavy (non-hydrogen) atoms. The molecule has 2 heterocycles. The smallest absolute Gasteiger partial charge is 0.210 e. The molecule has 0 aliphatic carbocycles. The maximum absolute atomic E-state index is 12.8. The second-order valence-corrected chi connectivity index (χ2v) is 8.74. The quantitative estimate of drug-likeness (QED) is 0.438. The van der Waals surface area contributed by atoms with Crippen LogP contribution in [0.25, 0.3) is 0 Å². The molecule has 0 saturated carbocycles. The molecule has 2 N–H and O–H groups in total. The number of aromatic amines is 1. The molecule has 1 aromatic carbocycles. The molecule has 3 aromatic rings. The Hall–Kier alpha value is -2.45. The Labute approximate surface area is 165 Å². The fourth-order valence-corrected chi connectivity index (χ4v) is 4.86. The largest absolute Gasteiger partial charge is 0.355 e. The summed E-state index contributed by atoms with van der Waals surface area (Å²) in [5.41, 5.74) is 3.46. The molecule has 0 spiro atoms. The van der Waals surface area contributed by atoms with E-state index in [9.17, 15) is 9.59 Å². The molecule has 0 saturated heterocycles. The van der Waals surface area contributed by atoms with Crippen molar-refractivity contribution < 1.29 is 9.59 Å². The third-order valence-electron chi connectivity index (χ3n) is 4.11. The van der Waals surface area contributed by atoms with Gasteiger partial charge in [-0.05, 0) is 45.4 Å². The van der Waals surface area contributed by atoms with E-state index in [1.165, 1.54) is 30.0 Å². The Morgan fingerprint density at radius 2 is 1.89 bits per heavy atom. The highest BCUT2D eigenvalue weighted by molar-refractivity contribution is 8.02. The van der Waals surface area contributed by atoms with Gasteiger partial charge in [0.05, 0.1) is 10.9 Å². The molecular weight excluding hydrogens is 380 g/mol. The number of nitrogens with one attached hydrogen (secondary N) is 2. The van der Waals surface area contributed by atoms with Gasteiger partial charge >= 0.3 is 0 Å². The van der Waals surface area contributed by atoms with Gasteiger partial charge in [-0.2, -0.15) is 0 Å². The summed E-state index contributed by atoms with van der Waals surface area (Å²) in [6.45, 7) is 6.96. The van der Waals surface area contributed by atoms with Crippen molar-refractivity contribution in [3.8, 4) is 0 Å². The topological polar surface area (TPSA) is 87.7 Å². The number of aryl methyl sites for hydroxylation is 1. The number of hydrogen-bond acceptors (Lipinski definition) is 7. The fourth-order valence-electron chi connectivity index (χ4n) is 2.89. The normalized spacial score (nSPS) is 12.0. The van der Waals surface area contributed by atoms with Gasteiger partial charge in [-0.25, -0.2) is 0 Å². The van der Waals surface area contributed by atoms with Crippen LogP contribution >= 0.6 is 23.1 Å². The van der Waals surface area contributed by atoms with Crippen molar-refractivity contribution in [2.75, 3.05) is 5.32 Å². The Morgan fingerprint density at radius 1 is 1.19 bits per heavy atom. The van der Waals surface area contributed by atoms with Gasteiger partial charge < -0.3 is 10.3 Å². The molecule has 6 nitrogen and oxygen atoms in total. The van der Waals surface area contributed by atoms with E-state index >= 15 is 0 Å². The van der Waals surface area contributed by atoms with Crippen molar-refractivity contribution in [2.24, 2.45) is 0 Å². The van der Waals surface area contributed by atoms with Gasteiger partial charge in [0.2, 0.25) is 5.13 Å². The zero-order valence-electron chi connectivity index (χ0n) is 15.5. The van der Waals surface area contributed by atoms with Crippen LogP contribution < -0.4 is 5.32 Å². The average Bonchev–Trinajstić information content (AvgIpc) is 3.18. The van der Waals surface area contributed by atoms with Crippen LogP contribution in [0.15, 0.2) is 34.7 Å². The monoisotopic (exact) mass is 400 g/mol. The fraction of sp³-hybridized carbons (Fsp3) is 0.263. The van der Waals surface area contributed by atoms with Crippen LogP contribution in [0.5, 0.6) is 0 Å². The summed E-state index contributed by atoms with van der Waals surface area (Å²) in [6.07, 6.45) is 0. The van der Waals surface area contributed by atoms with Crippen LogP contribution in [0.1, 0.15) is 46.0 Å². The van der Waals surface area contributed by atoms with Crippen LogP contribution in [0.3, 0.4) is 0 Å². The van der Waals surface area contributed by atoms with Crippen LogP contribution in [0, 0.1) is 13.8 Å². The summed E-state index contributed by atoms with van der Waals surface area (Å²) >= 11 is 2.76. The molecule has 0 unspecified atom stereocenters. The van der Waals surface area contributed by atoms with E-state index < -0.39 is 0 Å². The third-order valence-corrected chi connectivity index (χ3v) is 6.14. The number of ketones is 2. The highest BCUT2D eigenvalue weighted by Gasteiger charge is 2.25. The summed E-state index contributed by atoms with van der Waals surface area (Å²) in [4.78, 5) is 27.7. The first-order valence-corrected chi connectivity index (χ1v) is 10.1. The first-order valence-electron chi connectivity index (χ1n) is 8.43. The summed E-state index contributed by atoms with van der Waals surface area (Å²) < 4.78 is 0.710. The number of H-pyrrole nitrogens is 1. The van der Waals surface area contributed by atoms with Gasteiger partial charge in [0.1, 0.15) is 0 Å². The number of carbonyl (C=O) groups is 2. The molecule has 0 amide bonds. The van der Waals surface area contributed by atoms with Gasteiger partial charge in [-0.1, -0.05) is 41.3 Å². The Kier molecular flexibility index (Phi) is 5.76. The Balaban J connectivity index is 1.71. The lowest BCUT2D eigenvalue weighted by atomic mass is 10.0. The minimum absolute atomic E-state index is 0.0404. The predicted molar refractivity (Wildman–Crippen MR) is 110 cm³/mol. The summed E-state index contributed by atoms with van der Waals surface area (Å²) in [7, 11) is 0. The van der Waals surface area contributed by atoms with E-state index in [4.69, 9.17) is 0 Å². The molecule has 0 bridgehead atoms. The summed E-state index contributed by atoms with van der Waals surface area (Å²) in [5.74, 6) is -0.0952. The number of rotatable bonds is 7. The number of thioether (sulfide) groups is 1. The van der Waals surface area contributed by atoms with Gasteiger partial charge in [0, 0.05) is 16.9 Å². The minimum Gasteiger partial charge on any atom is -0.355 e. The molecule has 0 radical (unpaired) electrons. The lowest BCUT2D eigenvalue weighted by Crippen LogP contribution is -2.15. The average molecular weight is 401 g/mol. The van der Waals surface area contributed by atoms with Gasteiger partial charge in [0.15, 0.2) is 15.9 Å². The number of para-hydroxylation sites is 1. The number of benzene rings is 1. The van der Waals surface area contributed by atoms with E-state index in [2.05, 4.69) is 20.5 Å². The Morgan fingerprint density at radius 3 is 2.52 bits per heavy atom. The second kappa shape index (κ2) is 8.06. The van der Waals surface area contributed by atoms with E-state index in [0.29, 0.717) is 26.3 Å². The summed E-state index contributed by atoms with van der Waals surface area (Å²) in [5, 5.41) is 11.8. The molecule has 8 heteroatoms. The van der Waals surface area contributed by atoms with Crippen molar-refractivity contribution in [1.29, 1.82) is 0 Å². The van der Waals surface area contributed by atoms with Crippen molar-refractivity contribution >= 4 is 45.5 Å². The molecule has 1 atom stereocenters. The first kappa shape index (κ1) is 19.3. The van der Waals surface area contributed by atoms with Crippen LogP contribution in [0.4, 0.5) is 10.8 Å². The maximum atomic E-state index is 12.8. The molecule has 140 valence electrons. The number of nitrogens with zero attached hydrogens (tertiary/aromatic N) is 2. The van der Waals surface area contributed by atoms with Gasteiger partial charge in [-0.15, -0.1) is 10.2 Å². The minimum atomic E-state index is -0.348. The van der Waals surface area contributed by atoms with E-state index in [-0.39, 0.29) is 16.8 Å². The van der Waals surface area contributed by atoms with Crippen LogP contribution in [-0.2, 0) is 0 Å². The number of hydrogen-bond donors (Lipinski definition) is 2. The third kappa shape index (κ3) is 4.28. The molecule has 0 aliphatic heterocycles. The number of anilines is 2. The maximum Gasteiger partial charge on any atom is 0.210 e. The Bertz CT molecular complexity index is 979. The van der Waals surface area contributed by atoms with Crippen LogP contribution in [-0.4, -0.2) is 32.0 Å². The molecule has 3 rings (SSSR count). The molecular formula is C19H20N4O2S2. The van der Waals surface area contributed by atoms with E-state index in [1.54, 1.807) is 6.92 Å². The first-order chi connectivity index (χ1) is 12.9. The zero-order valence-corrected chi connectivity index (χ0v) is 17.1. The number of carbonyl (C=O) groups excluding carboxylic acids is 2. The predicted octanol–water partition coefficient (Wildman–Crippen LogP) is 4.79. The van der Waals surface area contributed by atoms with E-state index in [1.807, 2.05) is 44.2 Å². The zero-order chi connectivity index (χ0) is 19.6. The SMILES string of the molecule is CC(=O)c1c(C)[nH]c(C(=O)[C@H](C)Sc2nnc(Nc3ccccc3)s2)c1C. The molecule has 0 fully saturated rings. The molecule has 2 aromatic heterocycles. The number of aromatic nitrogens is 3. The highest BCUT2D eigenvalue weighted by Crippen LogP contribution is 2.32.